The van der Waals surface area contributed by atoms with Crippen molar-refractivity contribution in [1.82, 2.24) is 10.2 Å². The van der Waals surface area contributed by atoms with Gasteiger partial charge in [-0.05, 0) is 6.42 Å². The van der Waals surface area contributed by atoms with E-state index in [1.807, 2.05) is 0 Å². The molecule has 18 heteroatoms. The van der Waals surface area contributed by atoms with E-state index in [9.17, 15) is 53.1 Å². The Hall–Kier alpha value is -2.05. The molecule has 0 aromatic heterocycles. The molecule has 1 aliphatic rings. The fraction of sp³-hybridized carbons (Fsp3) is 0.733. The van der Waals surface area contributed by atoms with Gasteiger partial charge < -0.3 is 19.7 Å². The summed E-state index contributed by atoms with van der Waals surface area (Å²) in [5.41, 5.74) is 0. The van der Waals surface area contributed by atoms with Gasteiger partial charge in [0.2, 0.25) is 5.83 Å². The Labute approximate surface area is 181 Å². The summed E-state index contributed by atoms with van der Waals surface area (Å²) in [7, 11) is -6.59. The number of esters is 1. The first-order valence-electron chi connectivity index (χ1n) is 8.81. The molecule has 0 saturated carbocycles. The molecule has 0 bridgehead atoms. The Kier molecular flexibility index (Phi) is 8.84. The van der Waals surface area contributed by atoms with Crippen LogP contribution in [-0.4, -0.2) is 85.7 Å². The lowest BCUT2D eigenvalue weighted by Crippen LogP contribution is -2.64. The summed E-state index contributed by atoms with van der Waals surface area (Å²) in [5.74, 6) is -16.5. The number of hydrogen-bond acceptors (Lipinski definition) is 7. The van der Waals surface area contributed by atoms with Gasteiger partial charge in [-0.3, -0.25) is 9.35 Å². The van der Waals surface area contributed by atoms with Crippen LogP contribution in [0.25, 0.3) is 0 Å². The molecule has 0 spiro atoms. The molecule has 0 aliphatic carbocycles. The molecule has 1 fully saturated rings. The van der Waals surface area contributed by atoms with E-state index in [0.717, 1.165) is 0 Å². The highest BCUT2D eigenvalue weighted by molar-refractivity contribution is 7.87. The zero-order valence-electron chi connectivity index (χ0n) is 16.4. The first kappa shape index (κ1) is 29.0. The molecular weight excluding hydrogens is 504 g/mol. The van der Waals surface area contributed by atoms with Crippen LogP contribution in [0, 0.1) is 0 Å². The Morgan fingerprint density at radius 2 is 1.58 bits per heavy atom. The van der Waals surface area contributed by atoms with E-state index in [1.54, 1.807) is 0 Å². The van der Waals surface area contributed by atoms with Crippen molar-refractivity contribution in [2.45, 2.75) is 36.0 Å². The van der Waals surface area contributed by atoms with Gasteiger partial charge in [-0.1, -0.05) is 6.58 Å². The number of ether oxygens (including phenoxy) is 2. The van der Waals surface area contributed by atoms with E-state index in [0.29, 0.717) is 4.90 Å². The molecular formula is C15H18F8N2O7S. The highest BCUT2D eigenvalue weighted by Gasteiger charge is 2.68. The summed E-state index contributed by atoms with van der Waals surface area (Å²) in [6, 6.07) is 0. The average Bonchev–Trinajstić information content (AvgIpc) is 2.68. The van der Waals surface area contributed by atoms with Crippen molar-refractivity contribution in [3.8, 4) is 0 Å². The maximum atomic E-state index is 13.8. The third-order valence-corrected chi connectivity index (χ3v) is 5.15. The highest BCUT2D eigenvalue weighted by atomic mass is 32.2. The fourth-order valence-electron chi connectivity index (χ4n) is 2.50. The molecule has 192 valence electrons. The highest BCUT2D eigenvalue weighted by Crippen LogP contribution is 2.42. The quantitative estimate of drug-likeness (QED) is 0.111. The van der Waals surface area contributed by atoms with Gasteiger partial charge >= 0.3 is 45.1 Å². The molecule has 1 heterocycles. The van der Waals surface area contributed by atoms with Crippen LogP contribution in [0.15, 0.2) is 12.4 Å². The van der Waals surface area contributed by atoms with Crippen molar-refractivity contribution < 1.29 is 67.2 Å². The van der Waals surface area contributed by atoms with Crippen molar-refractivity contribution in [3.63, 3.8) is 0 Å². The van der Waals surface area contributed by atoms with Crippen LogP contribution < -0.4 is 5.32 Å². The molecule has 0 aromatic carbocycles. The summed E-state index contributed by atoms with van der Waals surface area (Å²) < 4.78 is 145. The molecule has 0 radical (unpaired) electrons. The molecule has 1 atom stereocenters. The van der Waals surface area contributed by atoms with Gasteiger partial charge in [0, 0.05) is 32.6 Å². The molecule has 2 N–H and O–H groups in total. The van der Waals surface area contributed by atoms with Gasteiger partial charge in [-0.2, -0.15) is 43.5 Å². The maximum Gasteiger partial charge on any atom is 0.466 e. The number of carbonyl (C=O) groups excluding carboxylic acids is 2. The first-order valence-corrected chi connectivity index (χ1v) is 10.3. The lowest BCUT2D eigenvalue weighted by molar-refractivity contribution is -0.351. The smallest absolute Gasteiger partial charge is 0.410 e. The van der Waals surface area contributed by atoms with Gasteiger partial charge in [-0.25, -0.2) is 4.79 Å². The zero-order chi connectivity index (χ0) is 25.9. The minimum Gasteiger partial charge on any atom is -0.410 e. The second kappa shape index (κ2) is 10.1. The normalized spacial score (nSPS) is 17.9. The standard InChI is InChI=1S/C15H18F8N2O7S/c1-9(16)10(26)32-13(14(19,20)21,11(27)25-6-4-24-5-7-25)31-8-2-3-12(17,18)15(22,23)33(28,29)30/h24H,1-8H2,(H,28,29,30). The van der Waals surface area contributed by atoms with Crippen LogP contribution in [0.3, 0.4) is 0 Å². The topological polar surface area (TPSA) is 122 Å². The monoisotopic (exact) mass is 522 g/mol. The lowest BCUT2D eigenvalue weighted by Gasteiger charge is -2.38. The molecule has 1 aliphatic heterocycles. The van der Waals surface area contributed by atoms with E-state index >= 15 is 0 Å². The van der Waals surface area contributed by atoms with Crippen LogP contribution in [0.4, 0.5) is 35.1 Å². The number of amides is 1. The molecule has 1 rings (SSSR count). The number of nitrogens with zero attached hydrogens (tertiary/aromatic N) is 1. The van der Waals surface area contributed by atoms with Crippen LogP contribution >= 0.6 is 0 Å². The zero-order valence-corrected chi connectivity index (χ0v) is 17.2. The number of halogens is 8. The fourth-order valence-corrected chi connectivity index (χ4v) is 2.98. The van der Waals surface area contributed by atoms with Crippen LogP contribution in [0.1, 0.15) is 12.8 Å². The number of rotatable bonds is 10. The molecule has 0 aromatic rings. The van der Waals surface area contributed by atoms with Crippen molar-refractivity contribution in [1.29, 1.82) is 0 Å². The molecule has 1 amide bonds. The number of nitrogens with one attached hydrogen (secondary N) is 1. The third-order valence-electron chi connectivity index (χ3n) is 4.21. The predicted octanol–water partition coefficient (Wildman–Crippen LogP) is 1.62. The Morgan fingerprint density at radius 1 is 1.06 bits per heavy atom. The van der Waals surface area contributed by atoms with Crippen LogP contribution in [0.2, 0.25) is 0 Å². The Balaban J connectivity index is 3.17. The second-order valence-electron chi connectivity index (χ2n) is 6.60. The summed E-state index contributed by atoms with van der Waals surface area (Å²) in [6.45, 7) is 0.0913. The van der Waals surface area contributed by atoms with Crippen molar-refractivity contribution in [2.75, 3.05) is 32.8 Å². The van der Waals surface area contributed by atoms with Gasteiger partial charge in [0.1, 0.15) is 0 Å². The summed E-state index contributed by atoms with van der Waals surface area (Å²) in [4.78, 5) is 24.5. The summed E-state index contributed by atoms with van der Waals surface area (Å²) in [6.07, 6.45) is -9.49. The van der Waals surface area contributed by atoms with Crippen LogP contribution in [-0.2, 0) is 29.2 Å². The van der Waals surface area contributed by atoms with Crippen molar-refractivity contribution in [2.24, 2.45) is 0 Å². The third kappa shape index (κ3) is 6.30. The van der Waals surface area contributed by atoms with Gasteiger partial charge in [0.05, 0.1) is 6.61 Å². The van der Waals surface area contributed by atoms with E-state index in [-0.39, 0.29) is 26.2 Å². The molecule has 33 heavy (non-hydrogen) atoms. The Bertz CT molecular complexity index is 859. The predicted molar refractivity (Wildman–Crippen MR) is 91.2 cm³/mol. The van der Waals surface area contributed by atoms with E-state index in [4.69, 9.17) is 4.55 Å². The van der Waals surface area contributed by atoms with E-state index < -0.39 is 70.4 Å². The largest absolute Gasteiger partial charge is 0.466 e. The van der Waals surface area contributed by atoms with E-state index in [1.165, 1.54) is 0 Å². The molecule has 1 unspecified atom stereocenters. The lowest BCUT2D eigenvalue weighted by atomic mass is 10.1. The number of hydrogen-bond donors (Lipinski definition) is 2. The van der Waals surface area contributed by atoms with Crippen molar-refractivity contribution in [3.05, 3.63) is 12.4 Å². The van der Waals surface area contributed by atoms with Crippen molar-refractivity contribution >= 4 is 22.0 Å². The molecule has 9 nitrogen and oxygen atoms in total. The van der Waals surface area contributed by atoms with Gasteiger partial charge in [-0.15, -0.1) is 0 Å². The summed E-state index contributed by atoms with van der Waals surface area (Å²) in [5, 5.41) is -3.30. The minimum absolute atomic E-state index is 0.000379. The van der Waals surface area contributed by atoms with E-state index in [2.05, 4.69) is 21.4 Å². The summed E-state index contributed by atoms with van der Waals surface area (Å²) >= 11 is 0. The maximum absolute atomic E-state index is 13.8. The Morgan fingerprint density at radius 3 is 2.00 bits per heavy atom. The minimum atomic E-state index is -6.59. The first-order chi connectivity index (χ1) is 14.8. The number of alkyl halides is 7. The second-order valence-corrected chi connectivity index (χ2v) is 8.06. The molecule has 1 saturated heterocycles. The number of piperazine rings is 1. The average molecular weight is 522 g/mol. The SMILES string of the molecule is C=C(F)C(=O)OC(OCCCC(F)(F)C(F)(F)S(=O)(=O)O)(C(=O)N1CCNCC1)C(F)(F)F. The van der Waals surface area contributed by atoms with Crippen LogP contribution in [0.5, 0.6) is 0 Å². The van der Waals surface area contributed by atoms with Gasteiger partial charge in [0.25, 0.3) is 0 Å². The number of carbonyl (C=O) groups is 2. The van der Waals surface area contributed by atoms with Gasteiger partial charge in [0.15, 0.2) is 0 Å².